The SMILES string of the molecule is CC1=CC[C@H](C(C)C)C=C1I. The summed E-state index contributed by atoms with van der Waals surface area (Å²) in [5, 5.41) is 0. The van der Waals surface area contributed by atoms with E-state index in [9.17, 15) is 0 Å². The number of rotatable bonds is 1. The molecule has 0 aliphatic heterocycles. The smallest absolute Gasteiger partial charge is 0.0119 e. The molecule has 1 rings (SSSR count). The fourth-order valence-corrected chi connectivity index (χ4v) is 1.94. The van der Waals surface area contributed by atoms with E-state index >= 15 is 0 Å². The topological polar surface area (TPSA) is 0 Å². The lowest BCUT2D eigenvalue weighted by Crippen LogP contribution is -2.07. The molecule has 0 amide bonds. The molecule has 0 spiro atoms. The summed E-state index contributed by atoms with van der Waals surface area (Å²) in [5.74, 6) is 1.55. The first kappa shape index (κ1) is 9.30. The Morgan fingerprint density at radius 1 is 1.55 bits per heavy atom. The predicted molar refractivity (Wildman–Crippen MR) is 58.8 cm³/mol. The van der Waals surface area contributed by atoms with Gasteiger partial charge in [0.05, 0.1) is 0 Å². The van der Waals surface area contributed by atoms with Crippen molar-refractivity contribution in [3.63, 3.8) is 0 Å². The quantitative estimate of drug-likeness (QED) is 0.628. The molecule has 0 radical (unpaired) electrons. The highest BCUT2D eigenvalue weighted by Gasteiger charge is 2.14. The highest BCUT2D eigenvalue weighted by Crippen LogP contribution is 2.30. The van der Waals surface area contributed by atoms with Gasteiger partial charge in [0.2, 0.25) is 0 Å². The van der Waals surface area contributed by atoms with E-state index < -0.39 is 0 Å². The van der Waals surface area contributed by atoms with Gasteiger partial charge in [-0.1, -0.05) is 26.0 Å². The van der Waals surface area contributed by atoms with Crippen LogP contribution in [0.4, 0.5) is 0 Å². The summed E-state index contributed by atoms with van der Waals surface area (Å²) in [6.07, 6.45) is 5.99. The van der Waals surface area contributed by atoms with E-state index in [-0.39, 0.29) is 0 Å². The van der Waals surface area contributed by atoms with Crippen LogP contribution in [0.5, 0.6) is 0 Å². The van der Waals surface area contributed by atoms with Crippen molar-refractivity contribution in [3.8, 4) is 0 Å². The third-order valence-electron chi connectivity index (χ3n) is 2.29. The van der Waals surface area contributed by atoms with E-state index in [1.165, 1.54) is 15.6 Å². The Labute approximate surface area is 82.9 Å². The molecule has 1 aliphatic carbocycles. The van der Waals surface area contributed by atoms with E-state index in [4.69, 9.17) is 0 Å². The summed E-state index contributed by atoms with van der Waals surface area (Å²) < 4.78 is 1.44. The Kier molecular flexibility index (Phi) is 3.16. The average Bonchev–Trinajstić information content (AvgIpc) is 1.94. The molecule has 0 aromatic carbocycles. The van der Waals surface area contributed by atoms with Crippen LogP contribution in [0.1, 0.15) is 27.2 Å². The maximum Gasteiger partial charge on any atom is 0.0119 e. The first-order valence-corrected chi connectivity index (χ1v) is 5.23. The van der Waals surface area contributed by atoms with Gasteiger partial charge in [-0.05, 0) is 53.3 Å². The average molecular weight is 262 g/mol. The van der Waals surface area contributed by atoms with Crippen molar-refractivity contribution in [1.29, 1.82) is 0 Å². The molecular weight excluding hydrogens is 247 g/mol. The predicted octanol–water partition coefficient (Wildman–Crippen LogP) is 3.93. The Bertz CT molecular complexity index is 199. The maximum atomic E-state index is 2.42. The molecule has 0 bridgehead atoms. The second-order valence-corrected chi connectivity index (χ2v) is 4.71. The van der Waals surface area contributed by atoms with Gasteiger partial charge in [-0.25, -0.2) is 0 Å². The zero-order valence-electron chi connectivity index (χ0n) is 7.39. The first-order chi connectivity index (χ1) is 5.11. The van der Waals surface area contributed by atoms with Crippen LogP contribution in [0.3, 0.4) is 0 Å². The third-order valence-corrected chi connectivity index (χ3v) is 3.50. The van der Waals surface area contributed by atoms with E-state index in [0.29, 0.717) is 0 Å². The summed E-state index contributed by atoms with van der Waals surface area (Å²) in [4.78, 5) is 0. The van der Waals surface area contributed by atoms with Crippen molar-refractivity contribution in [1.82, 2.24) is 0 Å². The van der Waals surface area contributed by atoms with Gasteiger partial charge < -0.3 is 0 Å². The molecule has 0 nitrogen and oxygen atoms in total. The highest BCUT2D eigenvalue weighted by atomic mass is 127. The molecule has 0 saturated heterocycles. The van der Waals surface area contributed by atoms with Crippen molar-refractivity contribution >= 4 is 22.6 Å². The molecule has 62 valence electrons. The number of halogens is 1. The summed E-state index contributed by atoms with van der Waals surface area (Å²) in [7, 11) is 0. The molecule has 0 saturated carbocycles. The molecule has 0 heterocycles. The first-order valence-electron chi connectivity index (χ1n) is 4.15. The summed E-state index contributed by atoms with van der Waals surface area (Å²) in [5.41, 5.74) is 1.45. The minimum absolute atomic E-state index is 0.769. The molecule has 1 heteroatoms. The van der Waals surface area contributed by atoms with Gasteiger partial charge in [0.25, 0.3) is 0 Å². The van der Waals surface area contributed by atoms with Crippen molar-refractivity contribution in [3.05, 3.63) is 21.3 Å². The van der Waals surface area contributed by atoms with Crippen molar-refractivity contribution in [2.75, 3.05) is 0 Å². The zero-order valence-corrected chi connectivity index (χ0v) is 9.55. The third kappa shape index (κ3) is 2.32. The van der Waals surface area contributed by atoms with E-state index in [1.54, 1.807) is 0 Å². The lowest BCUT2D eigenvalue weighted by molar-refractivity contribution is 0.466. The summed E-state index contributed by atoms with van der Waals surface area (Å²) >= 11 is 2.42. The van der Waals surface area contributed by atoms with Crippen LogP contribution in [-0.2, 0) is 0 Å². The Hall–Kier alpha value is 0.210. The Balaban J connectivity index is 2.69. The molecule has 11 heavy (non-hydrogen) atoms. The van der Waals surface area contributed by atoms with Crippen LogP contribution >= 0.6 is 22.6 Å². The second-order valence-electron chi connectivity index (χ2n) is 3.55. The van der Waals surface area contributed by atoms with Crippen LogP contribution in [0, 0.1) is 11.8 Å². The van der Waals surface area contributed by atoms with E-state index in [1.807, 2.05) is 0 Å². The van der Waals surface area contributed by atoms with Gasteiger partial charge >= 0.3 is 0 Å². The molecule has 0 N–H and O–H groups in total. The molecule has 1 atom stereocenters. The van der Waals surface area contributed by atoms with Gasteiger partial charge in [0.15, 0.2) is 0 Å². The fraction of sp³-hybridized carbons (Fsp3) is 0.600. The van der Waals surface area contributed by atoms with Gasteiger partial charge in [0, 0.05) is 3.58 Å². The maximum absolute atomic E-state index is 2.42. The minimum Gasteiger partial charge on any atom is -0.0800 e. The Morgan fingerprint density at radius 2 is 2.18 bits per heavy atom. The Morgan fingerprint density at radius 3 is 2.64 bits per heavy atom. The number of hydrogen-bond donors (Lipinski definition) is 0. The van der Waals surface area contributed by atoms with Crippen molar-refractivity contribution in [2.24, 2.45) is 11.8 Å². The van der Waals surface area contributed by atoms with Crippen LogP contribution < -0.4 is 0 Å². The minimum atomic E-state index is 0.769. The lowest BCUT2D eigenvalue weighted by Gasteiger charge is -2.20. The number of allylic oxidation sites excluding steroid dienone is 4. The standard InChI is InChI=1S/C10H15I/c1-7(2)9-5-4-8(3)10(11)6-9/h4,6-7,9H,5H2,1-3H3/t9-/m0/s1. The monoisotopic (exact) mass is 262 g/mol. The van der Waals surface area contributed by atoms with Gasteiger partial charge in [-0.3, -0.25) is 0 Å². The van der Waals surface area contributed by atoms with E-state index in [0.717, 1.165) is 11.8 Å². The summed E-state index contributed by atoms with van der Waals surface area (Å²) in [6.45, 7) is 6.77. The van der Waals surface area contributed by atoms with Gasteiger partial charge in [0.1, 0.15) is 0 Å². The largest absolute Gasteiger partial charge is 0.0800 e. The van der Waals surface area contributed by atoms with Crippen LogP contribution in [0.25, 0.3) is 0 Å². The summed E-state index contributed by atoms with van der Waals surface area (Å²) in [6, 6.07) is 0. The van der Waals surface area contributed by atoms with Crippen molar-refractivity contribution in [2.45, 2.75) is 27.2 Å². The zero-order chi connectivity index (χ0) is 8.43. The molecule has 1 aliphatic rings. The van der Waals surface area contributed by atoms with Crippen LogP contribution in [0.2, 0.25) is 0 Å². The fourth-order valence-electron chi connectivity index (χ4n) is 1.26. The molecule has 0 aromatic rings. The molecule has 0 aromatic heterocycles. The number of hydrogen-bond acceptors (Lipinski definition) is 0. The molecule has 0 fully saturated rings. The normalized spacial score (nSPS) is 25.0. The van der Waals surface area contributed by atoms with Crippen LogP contribution in [0.15, 0.2) is 21.3 Å². The van der Waals surface area contributed by atoms with Crippen molar-refractivity contribution < 1.29 is 0 Å². The lowest BCUT2D eigenvalue weighted by atomic mass is 9.88. The van der Waals surface area contributed by atoms with Crippen LogP contribution in [-0.4, -0.2) is 0 Å². The van der Waals surface area contributed by atoms with E-state index in [2.05, 4.69) is 55.5 Å². The molecule has 0 unspecified atom stereocenters. The second kappa shape index (κ2) is 3.74. The highest BCUT2D eigenvalue weighted by molar-refractivity contribution is 14.1. The van der Waals surface area contributed by atoms with Gasteiger partial charge in [-0.15, -0.1) is 0 Å². The van der Waals surface area contributed by atoms with Gasteiger partial charge in [-0.2, -0.15) is 0 Å². The molecular formula is C10H15I.